The molecule has 2 N–H and O–H groups in total. The number of carbonyl (C=O) groups excluding carboxylic acids is 2. The molecule has 0 saturated heterocycles. The number of rotatable bonds is 4. The summed E-state index contributed by atoms with van der Waals surface area (Å²) < 4.78 is 32.0. The van der Waals surface area contributed by atoms with Crippen LogP contribution in [0.15, 0.2) is 16.3 Å². The molecule has 8 nitrogen and oxygen atoms in total. The standard InChI is InChI=1S/C13H13N3O5S3/c1-21-12(18)10-8(4-6-22-10)24(19,20)16-13-15-7-3-2-5-14-11(17)9(7)23-13/h4,6H,2-3,5H2,1H3,(H,14,17)(H,15,16). The first-order valence-corrected chi connectivity index (χ1v) is 10.1. The average molecular weight is 387 g/mol. The van der Waals surface area contributed by atoms with Gasteiger partial charge in [-0.1, -0.05) is 11.3 Å². The van der Waals surface area contributed by atoms with E-state index in [1.54, 1.807) is 0 Å². The van der Waals surface area contributed by atoms with Crippen LogP contribution in [0.3, 0.4) is 0 Å². The molecule has 0 atom stereocenters. The molecule has 1 aliphatic rings. The van der Waals surface area contributed by atoms with Crippen LogP contribution in [0.5, 0.6) is 0 Å². The van der Waals surface area contributed by atoms with Crippen molar-refractivity contribution >= 4 is 49.7 Å². The molecular weight excluding hydrogens is 374 g/mol. The first-order chi connectivity index (χ1) is 11.4. The monoisotopic (exact) mass is 387 g/mol. The molecule has 11 heteroatoms. The number of nitrogens with one attached hydrogen (secondary N) is 2. The van der Waals surface area contributed by atoms with Crippen molar-refractivity contribution in [1.29, 1.82) is 0 Å². The third-order valence-electron chi connectivity index (χ3n) is 3.29. The predicted molar refractivity (Wildman–Crippen MR) is 89.2 cm³/mol. The van der Waals surface area contributed by atoms with E-state index < -0.39 is 16.0 Å². The number of carbonyl (C=O) groups is 2. The second-order valence-corrected chi connectivity index (χ2v) is 8.43. The Bertz CT molecular complexity index is 900. The number of sulfonamides is 1. The lowest BCUT2D eigenvalue weighted by Gasteiger charge is -2.05. The number of hydrogen-bond donors (Lipinski definition) is 2. The number of thiazole rings is 1. The summed E-state index contributed by atoms with van der Waals surface area (Å²) in [6.45, 7) is 0.570. The predicted octanol–water partition coefficient (Wildman–Crippen LogP) is 1.47. The fourth-order valence-corrected chi connectivity index (χ4v) is 5.70. The topological polar surface area (TPSA) is 114 Å². The Morgan fingerprint density at radius 1 is 1.46 bits per heavy atom. The van der Waals surface area contributed by atoms with E-state index in [-0.39, 0.29) is 20.8 Å². The number of thiophene rings is 1. The van der Waals surface area contributed by atoms with Crippen LogP contribution >= 0.6 is 22.7 Å². The van der Waals surface area contributed by atoms with Gasteiger partial charge in [-0.25, -0.2) is 18.2 Å². The van der Waals surface area contributed by atoms with Crippen LogP contribution in [0, 0.1) is 0 Å². The van der Waals surface area contributed by atoms with Crippen molar-refractivity contribution in [2.24, 2.45) is 0 Å². The van der Waals surface area contributed by atoms with E-state index in [1.807, 2.05) is 0 Å². The van der Waals surface area contributed by atoms with Gasteiger partial charge in [0.2, 0.25) is 0 Å². The lowest BCUT2D eigenvalue weighted by molar-refractivity contribution is 0.0602. The van der Waals surface area contributed by atoms with Gasteiger partial charge in [-0.3, -0.25) is 9.52 Å². The molecule has 3 heterocycles. The molecule has 128 valence electrons. The van der Waals surface area contributed by atoms with E-state index in [1.165, 1.54) is 18.6 Å². The van der Waals surface area contributed by atoms with Crippen molar-refractivity contribution in [2.75, 3.05) is 18.4 Å². The van der Waals surface area contributed by atoms with Crippen LogP contribution in [0.4, 0.5) is 5.13 Å². The van der Waals surface area contributed by atoms with Gasteiger partial charge in [-0.05, 0) is 24.3 Å². The van der Waals surface area contributed by atoms with E-state index >= 15 is 0 Å². The Labute approximate surface area is 145 Å². The minimum Gasteiger partial charge on any atom is -0.465 e. The zero-order valence-corrected chi connectivity index (χ0v) is 14.9. The zero-order valence-electron chi connectivity index (χ0n) is 12.5. The highest BCUT2D eigenvalue weighted by Gasteiger charge is 2.27. The van der Waals surface area contributed by atoms with Crippen molar-refractivity contribution in [3.63, 3.8) is 0 Å². The Hall–Kier alpha value is -1.98. The Kier molecular flexibility index (Phi) is 4.56. The first kappa shape index (κ1) is 16.9. The van der Waals surface area contributed by atoms with Crippen molar-refractivity contribution < 1.29 is 22.7 Å². The zero-order chi connectivity index (χ0) is 17.3. The second kappa shape index (κ2) is 6.49. The molecule has 2 aromatic heterocycles. The summed E-state index contributed by atoms with van der Waals surface area (Å²) >= 11 is 1.95. The van der Waals surface area contributed by atoms with E-state index in [2.05, 4.69) is 19.8 Å². The summed E-state index contributed by atoms with van der Waals surface area (Å²) in [5, 5.41) is 4.32. The minimum absolute atomic E-state index is 0.0131. The molecule has 24 heavy (non-hydrogen) atoms. The molecule has 0 unspecified atom stereocenters. The molecule has 2 aromatic rings. The summed E-state index contributed by atoms with van der Waals surface area (Å²) in [4.78, 5) is 28.0. The highest BCUT2D eigenvalue weighted by Crippen LogP contribution is 2.29. The Balaban J connectivity index is 1.91. The number of fused-ring (bicyclic) bond motifs is 1. The van der Waals surface area contributed by atoms with Gasteiger partial charge in [0.15, 0.2) is 5.13 Å². The first-order valence-electron chi connectivity index (χ1n) is 6.89. The maximum Gasteiger partial charge on any atom is 0.349 e. The summed E-state index contributed by atoms with van der Waals surface area (Å²) in [6, 6.07) is 1.32. The van der Waals surface area contributed by atoms with Crippen molar-refractivity contribution in [1.82, 2.24) is 10.3 Å². The van der Waals surface area contributed by atoms with Gasteiger partial charge in [0.1, 0.15) is 14.6 Å². The maximum absolute atomic E-state index is 12.5. The van der Waals surface area contributed by atoms with Gasteiger partial charge in [-0.15, -0.1) is 11.3 Å². The van der Waals surface area contributed by atoms with E-state index in [0.29, 0.717) is 23.5 Å². The largest absolute Gasteiger partial charge is 0.465 e. The van der Waals surface area contributed by atoms with E-state index in [9.17, 15) is 18.0 Å². The lowest BCUT2D eigenvalue weighted by Crippen LogP contribution is -2.21. The smallest absolute Gasteiger partial charge is 0.349 e. The fourth-order valence-electron chi connectivity index (χ4n) is 2.20. The number of esters is 1. The summed E-state index contributed by atoms with van der Waals surface area (Å²) in [5.74, 6) is -0.976. The number of nitrogens with zero attached hydrogens (tertiary/aromatic N) is 1. The Morgan fingerprint density at radius 2 is 2.25 bits per heavy atom. The number of hydrogen-bond acceptors (Lipinski definition) is 8. The van der Waals surface area contributed by atoms with Crippen molar-refractivity contribution in [2.45, 2.75) is 17.7 Å². The van der Waals surface area contributed by atoms with Crippen LogP contribution in [0.2, 0.25) is 0 Å². The molecule has 0 saturated carbocycles. The van der Waals surface area contributed by atoms with Gasteiger partial charge in [0.25, 0.3) is 15.9 Å². The summed E-state index contributed by atoms with van der Waals surface area (Å²) in [7, 11) is -2.82. The SMILES string of the molecule is COC(=O)c1sccc1S(=O)(=O)Nc1nc2c(s1)C(=O)NCCC2. The maximum atomic E-state index is 12.5. The number of methoxy groups -OCH3 is 1. The van der Waals surface area contributed by atoms with Gasteiger partial charge >= 0.3 is 5.97 Å². The quantitative estimate of drug-likeness (QED) is 0.768. The van der Waals surface area contributed by atoms with Crippen LogP contribution in [0.1, 0.15) is 31.5 Å². The number of ether oxygens (including phenoxy) is 1. The molecule has 1 amide bonds. The van der Waals surface area contributed by atoms with Crippen molar-refractivity contribution in [3.05, 3.63) is 26.9 Å². The van der Waals surface area contributed by atoms with Crippen LogP contribution in [-0.4, -0.2) is 38.9 Å². The Morgan fingerprint density at radius 3 is 3.00 bits per heavy atom. The van der Waals surface area contributed by atoms with Gasteiger partial charge in [0, 0.05) is 6.54 Å². The van der Waals surface area contributed by atoms with Crippen LogP contribution in [-0.2, 0) is 21.2 Å². The highest BCUT2D eigenvalue weighted by atomic mass is 32.2. The van der Waals surface area contributed by atoms with E-state index in [0.717, 1.165) is 29.1 Å². The minimum atomic E-state index is -4.01. The van der Waals surface area contributed by atoms with Crippen molar-refractivity contribution in [3.8, 4) is 0 Å². The number of aromatic nitrogens is 1. The van der Waals surface area contributed by atoms with Crippen LogP contribution in [0.25, 0.3) is 0 Å². The van der Waals surface area contributed by atoms with E-state index in [4.69, 9.17) is 0 Å². The molecule has 0 aliphatic carbocycles. The molecule has 0 aromatic carbocycles. The average Bonchev–Trinajstić information content (AvgIpc) is 3.14. The van der Waals surface area contributed by atoms with Gasteiger partial charge in [-0.2, -0.15) is 0 Å². The molecular formula is C13H13N3O5S3. The fraction of sp³-hybridized carbons (Fsp3) is 0.308. The number of amides is 1. The molecule has 0 spiro atoms. The highest BCUT2D eigenvalue weighted by molar-refractivity contribution is 7.93. The third-order valence-corrected chi connectivity index (χ3v) is 6.84. The molecule has 0 fully saturated rings. The van der Waals surface area contributed by atoms with Crippen LogP contribution < -0.4 is 10.0 Å². The lowest BCUT2D eigenvalue weighted by atomic mass is 10.2. The number of aryl methyl sites for hydroxylation is 1. The second-order valence-electron chi connectivity index (χ2n) is 4.87. The molecule has 1 aliphatic heterocycles. The van der Waals surface area contributed by atoms with Gasteiger partial charge < -0.3 is 10.1 Å². The molecule has 0 radical (unpaired) electrons. The molecule has 0 bridgehead atoms. The van der Waals surface area contributed by atoms with Gasteiger partial charge in [0.05, 0.1) is 12.8 Å². The summed E-state index contributed by atoms with van der Waals surface area (Å²) in [5.41, 5.74) is 0.575. The normalized spacial score (nSPS) is 14.5. The molecule has 3 rings (SSSR count). The third kappa shape index (κ3) is 3.14. The summed E-state index contributed by atoms with van der Waals surface area (Å²) in [6.07, 6.45) is 1.34. The number of anilines is 1.